The van der Waals surface area contributed by atoms with Gasteiger partial charge in [-0.15, -0.1) is 11.3 Å². The number of amides is 2. The number of ether oxygens (including phenoxy) is 1. The minimum Gasteiger partial charge on any atom is -0.464 e. The summed E-state index contributed by atoms with van der Waals surface area (Å²) in [6.45, 7) is 0.195. The maximum absolute atomic E-state index is 13.9. The van der Waals surface area contributed by atoms with Crippen molar-refractivity contribution in [3.8, 4) is 0 Å². The lowest BCUT2D eigenvalue weighted by atomic mass is 9.94. The number of halogens is 2. The number of hydrogen-bond acceptors (Lipinski definition) is 5. The first-order valence-corrected chi connectivity index (χ1v) is 9.91. The zero-order valence-electron chi connectivity index (χ0n) is 15.4. The van der Waals surface area contributed by atoms with Crippen molar-refractivity contribution in [2.75, 3.05) is 12.4 Å². The predicted molar refractivity (Wildman–Crippen MR) is 101 cm³/mol. The molecule has 0 aliphatic heterocycles. The van der Waals surface area contributed by atoms with Crippen molar-refractivity contribution in [1.82, 2.24) is 9.88 Å². The van der Waals surface area contributed by atoms with E-state index in [0.717, 1.165) is 44.2 Å². The van der Waals surface area contributed by atoms with Gasteiger partial charge in [0.1, 0.15) is 16.6 Å². The zero-order valence-corrected chi connectivity index (χ0v) is 16.2. The summed E-state index contributed by atoms with van der Waals surface area (Å²) in [6, 6.07) is 2.52. The van der Waals surface area contributed by atoms with E-state index in [1.807, 2.05) is 0 Å². The molecule has 150 valence electrons. The van der Waals surface area contributed by atoms with Crippen LogP contribution in [0.5, 0.6) is 0 Å². The first-order chi connectivity index (χ1) is 13.5. The number of carbonyl (C=O) groups excluding carboxylic acids is 2. The van der Waals surface area contributed by atoms with Gasteiger partial charge in [0, 0.05) is 17.5 Å². The molecule has 1 fully saturated rings. The summed E-state index contributed by atoms with van der Waals surface area (Å²) in [5, 5.41) is 4.69. The summed E-state index contributed by atoms with van der Waals surface area (Å²) < 4.78 is 31.7. The Labute approximate surface area is 165 Å². The lowest BCUT2D eigenvalue weighted by molar-refractivity contribution is 0.0594. The molecule has 1 saturated carbocycles. The molecular formula is C19H21F2N3O3S. The number of carbonyl (C=O) groups is 2. The third kappa shape index (κ3) is 4.83. The van der Waals surface area contributed by atoms with Crippen LogP contribution in [0.3, 0.4) is 0 Å². The molecule has 0 radical (unpaired) electrons. The highest BCUT2D eigenvalue weighted by atomic mass is 32.1. The van der Waals surface area contributed by atoms with Crippen molar-refractivity contribution in [2.45, 2.75) is 44.7 Å². The van der Waals surface area contributed by atoms with Crippen molar-refractivity contribution in [3.05, 3.63) is 45.9 Å². The fourth-order valence-corrected chi connectivity index (χ4v) is 4.03. The molecule has 0 saturated heterocycles. The number of urea groups is 1. The maximum atomic E-state index is 13.9. The number of hydrogen-bond donors (Lipinski definition) is 1. The number of benzene rings is 1. The van der Waals surface area contributed by atoms with E-state index in [0.29, 0.717) is 5.01 Å². The second-order valence-electron chi connectivity index (χ2n) is 6.59. The van der Waals surface area contributed by atoms with Gasteiger partial charge in [0.2, 0.25) is 0 Å². The lowest BCUT2D eigenvalue weighted by Gasteiger charge is -2.34. The number of methoxy groups -OCH3 is 1. The van der Waals surface area contributed by atoms with Gasteiger partial charge in [0.05, 0.1) is 19.3 Å². The fraction of sp³-hybridized carbons (Fsp3) is 0.421. The van der Waals surface area contributed by atoms with E-state index in [2.05, 4.69) is 15.0 Å². The molecule has 1 heterocycles. The van der Waals surface area contributed by atoms with E-state index < -0.39 is 23.6 Å². The Bertz CT molecular complexity index is 853. The molecule has 2 aromatic rings. The van der Waals surface area contributed by atoms with Crippen LogP contribution in [0.4, 0.5) is 19.3 Å². The maximum Gasteiger partial charge on any atom is 0.357 e. The quantitative estimate of drug-likeness (QED) is 0.734. The SMILES string of the molecule is COC(=O)c1csc(CN(C(=O)Nc2ccc(F)cc2F)C2CCCCC2)n1. The molecule has 3 rings (SSSR count). The van der Waals surface area contributed by atoms with Gasteiger partial charge < -0.3 is 15.0 Å². The third-order valence-corrected chi connectivity index (χ3v) is 5.53. The monoisotopic (exact) mass is 409 g/mol. The predicted octanol–water partition coefficient (Wildman–Crippen LogP) is 4.57. The zero-order chi connectivity index (χ0) is 20.1. The molecule has 6 nitrogen and oxygen atoms in total. The summed E-state index contributed by atoms with van der Waals surface area (Å²) in [5.74, 6) is -2.08. The molecule has 1 N–H and O–H groups in total. The van der Waals surface area contributed by atoms with Crippen molar-refractivity contribution in [3.63, 3.8) is 0 Å². The molecule has 1 aromatic heterocycles. The van der Waals surface area contributed by atoms with Crippen LogP contribution in [0.25, 0.3) is 0 Å². The highest BCUT2D eigenvalue weighted by Crippen LogP contribution is 2.26. The van der Waals surface area contributed by atoms with Gasteiger partial charge >= 0.3 is 12.0 Å². The second-order valence-corrected chi connectivity index (χ2v) is 7.53. The Morgan fingerprint density at radius 2 is 2.04 bits per heavy atom. The number of anilines is 1. The molecule has 9 heteroatoms. The molecule has 2 amide bonds. The number of aromatic nitrogens is 1. The highest BCUT2D eigenvalue weighted by molar-refractivity contribution is 7.09. The molecule has 0 bridgehead atoms. The molecule has 1 aliphatic rings. The Morgan fingerprint density at radius 3 is 2.71 bits per heavy atom. The van der Waals surface area contributed by atoms with Crippen molar-refractivity contribution >= 4 is 29.0 Å². The van der Waals surface area contributed by atoms with Crippen LogP contribution in [-0.4, -0.2) is 35.0 Å². The van der Waals surface area contributed by atoms with Gasteiger partial charge in [-0.05, 0) is 25.0 Å². The first kappa shape index (κ1) is 20.2. The van der Waals surface area contributed by atoms with Crippen LogP contribution in [-0.2, 0) is 11.3 Å². The van der Waals surface area contributed by atoms with Crippen molar-refractivity contribution < 1.29 is 23.1 Å². The van der Waals surface area contributed by atoms with E-state index >= 15 is 0 Å². The number of nitrogens with one attached hydrogen (secondary N) is 1. The van der Waals surface area contributed by atoms with E-state index in [1.54, 1.807) is 10.3 Å². The number of rotatable bonds is 5. The Morgan fingerprint density at radius 1 is 1.29 bits per heavy atom. The topological polar surface area (TPSA) is 71.5 Å². The smallest absolute Gasteiger partial charge is 0.357 e. The van der Waals surface area contributed by atoms with Crippen LogP contribution in [0.15, 0.2) is 23.6 Å². The second kappa shape index (κ2) is 9.09. The van der Waals surface area contributed by atoms with E-state index in [4.69, 9.17) is 0 Å². The summed E-state index contributed by atoms with van der Waals surface area (Å²) in [5.41, 5.74) is 0.109. The van der Waals surface area contributed by atoms with Gasteiger partial charge in [0.25, 0.3) is 0 Å². The van der Waals surface area contributed by atoms with E-state index in [-0.39, 0.29) is 24.0 Å². The van der Waals surface area contributed by atoms with Gasteiger partial charge in [-0.2, -0.15) is 0 Å². The van der Waals surface area contributed by atoms with Crippen LogP contribution < -0.4 is 5.32 Å². The average Bonchev–Trinajstić information content (AvgIpc) is 3.17. The fourth-order valence-electron chi connectivity index (χ4n) is 3.26. The molecular weight excluding hydrogens is 388 g/mol. The number of nitrogens with zero attached hydrogens (tertiary/aromatic N) is 2. The Kier molecular flexibility index (Phi) is 6.56. The first-order valence-electron chi connectivity index (χ1n) is 9.03. The lowest BCUT2D eigenvalue weighted by Crippen LogP contribution is -2.43. The molecule has 0 atom stereocenters. The summed E-state index contributed by atoms with van der Waals surface area (Å²) in [4.78, 5) is 30.3. The summed E-state index contributed by atoms with van der Waals surface area (Å²) >= 11 is 1.26. The number of esters is 1. The molecule has 0 spiro atoms. The van der Waals surface area contributed by atoms with Crippen LogP contribution in [0.1, 0.15) is 47.6 Å². The largest absolute Gasteiger partial charge is 0.464 e. The average molecular weight is 409 g/mol. The minimum atomic E-state index is -0.834. The highest BCUT2D eigenvalue weighted by Gasteiger charge is 2.27. The van der Waals surface area contributed by atoms with Gasteiger partial charge in [-0.25, -0.2) is 23.4 Å². The van der Waals surface area contributed by atoms with Gasteiger partial charge in [-0.3, -0.25) is 0 Å². The van der Waals surface area contributed by atoms with E-state index in [9.17, 15) is 18.4 Å². The summed E-state index contributed by atoms with van der Waals surface area (Å²) in [6.07, 6.45) is 4.81. The minimum absolute atomic E-state index is 0.0114. The van der Waals surface area contributed by atoms with Crippen LogP contribution in [0, 0.1) is 11.6 Å². The molecule has 1 aliphatic carbocycles. The van der Waals surface area contributed by atoms with Crippen LogP contribution in [0.2, 0.25) is 0 Å². The molecule has 28 heavy (non-hydrogen) atoms. The van der Waals surface area contributed by atoms with Gasteiger partial charge in [0.15, 0.2) is 5.69 Å². The van der Waals surface area contributed by atoms with Gasteiger partial charge in [-0.1, -0.05) is 19.3 Å². The molecule has 0 unspecified atom stereocenters. The standard InChI is InChI=1S/C19H21F2N3O3S/c1-27-18(25)16-11-28-17(22-16)10-24(13-5-3-2-4-6-13)19(26)23-15-8-7-12(20)9-14(15)21/h7-9,11,13H,2-6,10H2,1H3,(H,23,26). The summed E-state index contributed by atoms with van der Waals surface area (Å²) in [7, 11) is 1.28. The Hall–Kier alpha value is -2.55. The number of thiazole rings is 1. The molecule has 1 aromatic carbocycles. The van der Waals surface area contributed by atoms with Crippen molar-refractivity contribution in [1.29, 1.82) is 0 Å². The van der Waals surface area contributed by atoms with Crippen molar-refractivity contribution in [2.24, 2.45) is 0 Å². The Balaban J connectivity index is 1.78. The van der Waals surface area contributed by atoms with E-state index in [1.165, 1.54) is 24.5 Å². The third-order valence-electron chi connectivity index (χ3n) is 4.70. The van der Waals surface area contributed by atoms with Crippen LogP contribution >= 0.6 is 11.3 Å². The normalized spacial score (nSPS) is 14.5.